The molecule has 4 heteroatoms. The van der Waals surface area contributed by atoms with Gasteiger partial charge in [0.05, 0.1) is 5.02 Å². The maximum absolute atomic E-state index is 12.9. The van der Waals surface area contributed by atoms with Crippen LogP contribution in [0.25, 0.3) is 5.70 Å². The highest BCUT2D eigenvalue weighted by molar-refractivity contribution is 6.32. The Balaban J connectivity index is 2.19. The monoisotopic (exact) mass is 265 g/mol. The number of hydrogen-bond acceptors (Lipinski definition) is 1. The molecule has 0 saturated heterocycles. The molecule has 0 spiro atoms. The Morgan fingerprint density at radius 1 is 1.00 bits per heavy atom. The van der Waals surface area contributed by atoms with Gasteiger partial charge in [-0.25, -0.2) is 8.78 Å². The van der Waals surface area contributed by atoms with Gasteiger partial charge in [-0.15, -0.1) is 0 Å². The second-order valence-corrected chi connectivity index (χ2v) is 4.14. The molecule has 2 aromatic carbocycles. The van der Waals surface area contributed by atoms with Crippen LogP contribution in [0.5, 0.6) is 0 Å². The first-order chi connectivity index (χ1) is 8.56. The minimum atomic E-state index is -0.404. The molecule has 0 aromatic heterocycles. The van der Waals surface area contributed by atoms with Crippen LogP contribution in [0, 0.1) is 11.6 Å². The fourth-order valence-electron chi connectivity index (χ4n) is 1.51. The largest absolute Gasteiger partial charge is 0.355 e. The quantitative estimate of drug-likeness (QED) is 0.848. The number of hydrogen-bond donors (Lipinski definition) is 1. The van der Waals surface area contributed by atoms with E-state index >= 15 is 0 Å². The van der Waals surface area contributed by atoms with Gasteiger partial charge in [0, 0.05) is 16.9 Å². The van der Waals surface area contributed by atoms with E-state index in [1.54, 1.807) is 12.1 Å². The van der Waals surface area contributed by atoms with E-state index < -0.39 is 5.82 Å². The molecule has 1 nitrogen and oxygen atoms in total. The van der Waals surface area contributed by atoms with Crippen molar-refractivity contribution < 1.29 is 8.78 Å². The zero-order chi connectivity index (χ0) is 13.1. The highest BCUT2D eigenvalue weighted by Gasteiger charge is 2.06. The fourth-order valence-corrected chi connectivity index (χ4v) is 1.79. The fraction of sp³-hybridized carbons (Fsp3) is 0. The van der Waals surface area contributed by atoms with Crippen LogP contribution in [0.15, 0.2) is 49.0 Å². The van der Waals surface area contributed by atoms with Crippen LogP contribution < -0.4 is 5.32 Å². The summed E-state index contributed by atoms with van der Waals surface area (Å²) in [5.41, 5.74) is 1.80. The van der Waals surface area contributed by atoms with Gasteiger partial charge >= 0.3 is 0 Å². The Kier molecular flexibility index (Phi) is 3.63. The summed E-state index contributed by atoms with van der Waals surface area (Å²) in [5.74, 6) is -0.718. The highest BCUT2D eigenvalue weighted by Crippen LogP contribution is 2.25. The molecular formula is C14H10ClF2N. The van der Waals surface area contributed by atoms with Crippen molar-refractivity contribution in [3.8, 4) is 0 Å². The lowest BCUT2D eigenvalue weighted by Crippen LogP contribution is -1.98. The molecule has 0 bridgehead atoms. The molecule has 0 unspecified atom stereocenters. The Labute approximate surface area is 109 Å². The van der Waals surface area contributed by atoms with Crippen molar-refractivity contribution in [2.75, 3.05) is 5.32 Å². The first-order valence-electron chi connectivity index (χ1n) is 5.23. The van der Waals surface area contributed by atoms with Crippen molar-refractivity contribution in [2.24, 2.45) is 0 Å². The first kappa shape index (κ1) is 12.6. The predicted molar refractivity (Wildman–Crippen MR) is 70.5 cm³/mol. The summed E-state index contributed by atoms with van der Waals surface area (Å²) in [6.07, 6.45) is 0. The molecule has 2 rings (SSSR count). The molecule has 18 heavy (non-hydrogen) atoms. The predicted octanol–water partition coefficient (Wildman–Crippen LogP) is 4.70. The van der Waals surface area contributed by atoms with Gasteiger partial charge < -0.3 is 5.32 Å². The smallest absolute Gasteiger partial charge is 0.124 e. The third kappa shape index (κ3) is 2.87. The Morgan fingerprint density at radius 2 is 1.61 bits per heavy atom. The van der Waals surface area contributed by atoms with Gasteiger partial charge in [0.2, 0.25) is 0 Å². The molecule has 0 amide bonds. The van der Waals surface area contributed by atoms with E-state index in [0.717, 1.165) is 0 Å². The van der Waals surface area contributed by atoms with Crippen LogP contribution >= 0.6 is 11.6 Å². The van der Waals surface area contributed by atoms with Crippen molar-refractivity contribution in [3.05, 3.63) is 71.3 Å². The van der Waals surface area contributed by atoms with Crippen LogP contribution in [0.3, 0.4) is 0 Å². The molecule has 0 radical (unpaired) electrons. The zero-order valence-electron chi connectivity index (χ0n) is 9.38. The summed E-state index contributed by atoms with van der Waals surface area (Å²) in [6.45, 7) is 3.82. The van der Waals surface area contributed by atoms with Gasteiger partial charge in [-0.3, -0.25) is 0 Å². The first-order valence-corrected chi connectivity index (χ1v) is 5.61. The lowest BCUT2D eigenvalue weighted by molar-refractivity contribution is 0.627. The van der Waals surface area contributed by atoms with Crippen LogP contribution in [0.4, 0.5) is 14.5 Å². The summed E-state index contributed by atoms with van der Waals surface area (Å²) >= 11 is 5.92. The van der Waals surface area contributed by atoms with Crippen LogP contribution in [0.1, 0.15) is 5.56 Å². The van der Waals surface area contributed by atoms with E-state index in [9.17, 15) is 8.78 Å². The van der Waals surface area contributed by atoms with E-state index in [1.165, 1.54) is 30.3 Å². The van der Waals surface area contributed by atoms with Crippen LogP contribution in [-0.4, -0.2) is 0 Å². The third-order valence-electron chi connectivity index (χ3n) is 2.40. The van der Waals surface area contributed by atoms with Gasteiger partial charge in [-0.05, 0) is 42.5 Å². The maximum Gasteiger partial charge on any atom is 0.124 e. The summed E-state index contributed by atoms with van der Waals surface area (Å²) in [6, 6.07) is 9.89. The zero-order valence-corrected chi connectivity index (χ0v) is 10.1. The van der Waals surface area contributed by atoms with E-state index in [4.69, 9.17) is 11.6 Å². The van der Waals surface area contributed by atoms with Gasteiger partial charge in [0.25, 0.3) is 0 Å². The van der Waals surface area contributed by atoms with Crippen molar-refractivity contribution in [2.45, 2.75) is 0 Å². The molecule has 0 aliphatic rings. The number of halogens is 3. The number of anilines is 1. The highest BCUT2D eigenvalue weighted by atomic mass is 35.5. The molecule has 0 aliphatic heterocycles. The topological polar surface area (TPSA) is 12.0 Å². The van der Waals surface area contributed by atoms with Gasteiger partial charge in [0.15, 0.2) is 0 Å². The summed E-state index contributed by atoms with van der Waals surface area (Å²) in [4.78, 5) is 0. The van der Waals surface area contributed by atoms with Gasteiger partial charge in [-0.1, -0.05) is 18.2 Å². The minimum absolute atomic E-state index is 0.273. The average molecular weight is 266 g/mol. The molecule has 1 N–H and O–H groups in total. The lowest BCUT2D eigenvalue weighted by atomic mass is 10.1. The average Bonchev–Trinajstić information content (AvgIpc) is 2.32. The van der Waals surface area contributed by atoms with Crippen molar-refractivity contribution in [1.29, 1.82) is 0 Å². The van der Waals surface area contributed by atoms with Gasteiger partial charge in [-0.2, -0.15) is 0 Å². The lowest BCUT2D eigenvalue weighted by Gasteiger charge is -2.11. The molecule has 0 heterocycles. The second-order valence-electron chi connectivity index (χ2n) is 3.73. The van der Waals surface area contributed by atoms with E-state index in [2.05, 4.69) is 11.9 Å². The molecule has 0 aliphatic carbocycles. The molecule has 0 saturated carbocycles. The number of rotatable bonds is 3. The standard InChI is InChI=1S/C14H10ClF2N/c1-9(13-7-4-11(17)8-14(13)15)18-12-5-2-10(16)3-6-12/h2-8,18H,1H2. The third-order valence-corrected chi connectivity index (χ3v) is 2.71. The van der Waals surface area contributed by atoms with E-state index in [1.807, 2.05) is 0 Å². The van der Waals surface area contributed by atoms with Gasteiger partial charge in [0.1, 0.15) is 11.6 Å². The van der Waals surface area contributed by atoms with Crippen molar-refractivity contribution in [1.82, 2.24) is 0 Å². The van der Waals surface area contributed by atoms with Crippen LogP contribution in [-0.2, 0) is 0 Å². The van der Waals surface area contributed by atoms with Crippen LogP contribution in [0.2, 0.25) is 5.02 Å². The molecule has 2 aromatic rings. The SMILES string of the molecule is C=C(Nc1ccc(F)cc1)c1ccc(F)cc1Cl. The summed E-state index contributed by atoms with van der Waals surface area (Å²) in [5, 5.41) is 3.25. The minimum Gasteiger partial charge on any atom is -0.355 e. The Morgan fingerprint density at radius 3 is 2.22 bits per heavy atom. The number of nitrogens with one attached hydrogen (secondary N) is 1. The van der Waals surface area contributed by atoms with Crippen molar-refractivity contribution >= 4 is 23.0 Å². The van der Waals surface area contributed by atoms with E-state index in [-0.39, 0.29) is 10.8 Å². The Hall–Kier alpha value is -1.87. The molecular weight excluding hydrogens is 256 g/mol. The molecule has 0 atom stereocenters. The summed E-state index contributed by atoms with van der Waals surface area (Å²) in [7, 11) is 0. The van der Waals surface area contributed by atoms with E-state index in [0.29, 0.717) is 16.9 Å². The maximum atomic E-state index is 12.9. The molecule has 0 fully saturated rings. The number of benzene rings is 2. The normalized spacial score (nSPS) is 10.2. The summed E-state index contributed by atoms with van der Waals surface area (Å²) < 4.78 is 25.6. The van der Waals surface area contributed by atoms with Crippen molar-refractivity contribution in [3.63, 3.8) is 0 Å². The second kappa shape index (κ2) is 5.19. The molecule has 92 valence electrons. The Bertz CT molecular complexity index is 579.